The monoisotopic (exact) mass is 457 g/mol. The summed E-state index contributed by atoms with van der Waals surface area (Å²) in [5.74, 6) is -0.363. The zero-order chi connectivity index (χ0) is 23.4. The van der Waals surface area contributed by atoms with Crippen LogP contribution in [0.25, 0.3) is 22.4 Å². The number of aromatic nitrogens is 2. The highest BCUT2D eigenvalue weighted by atomic mass is 32.2. The van der Waals surface area contributed by atoms with Gasteiger partial charge in [-0.25, -0.2) is 8.42 Å². The van der Waals surface area contributed by atoms with Crippen molar-refractivity contribution < 1.29 is 13.2 Å². The van der Waals surface area contributed by atoms with Crippen LogP contribution >= 0.6 is 0 Å². The number of nitrogens with one attached hydrogen (secondary N) is 1. The summed E-state index contributed by atoms with van der Waals surface area (Å²) in [6.07, 6.45) is 4.65. The lowest BCUT2D eigenvalue weighted by molar-refractivity contribution is 0.0950. The number of pyridine rings is 2. The van der Waals surface area contributed by atoms with E-state index in [2.05, 4.69) is 15.3 Å². The molecule has 0 aliphatic carbocycles. The van der Waals surface area contributed by atoms with Gasteiger partial charge in [0.15, 0.2) is 9.84 Å². The molecule has 0 fully saturated rings. The molecule has 1 amide bonds. The van der Waals surface area contributed by atoms with Crippen LogP contribution in [-0.4, -0.2) is 30.5 Å². The van der Waals surface area contributed by atoms with Gasteiger partial charge in [0.2, 0.25) is 0 Å². The Morgan fingerprint density at radius 2 is 1.67 bits per heavy atom. The van der Waals surface area contributed by atoms with Crippen molar-refractivity contribution in [3.05, 3.63) is 102 Å². The minimum absolute atomic E-state index is 0.153. The molecule has 2 aromatic heterocycles. The van der Waals surface area contributed by atoms with Crippen molar-refractivity contribution in [2.45, 2.75) is 18.4 Å². The highest BCUT2D eigenvalue weighted by Crippen LogP contribution is 2.23. The Hall–Kier alpha value is -3.84. The molecule has 2 aromatic carbocycles. The number of carbonyl (C=O) groups excluding carboxylic acids is 1. The molecule has 7 heteroatoms. The molecule has 0 aliphatic rings. The van der Waals surface area contributed by atoms with Crippen molar-refractivity contribution in [1.29, 1.82) is 0 Å². The molecule has 0 unspecified atom stereocenters. The number of carbonyl (C=O) groups is 1. The molecule has 0 aliphatic heterocycles. The molecule has 6 nitrogen and oxygen atoms in total. The molecule has 0 saturated heterocycles. The maximum Gasteiger partial charge on any atom is 0.251 e. The number of sulfone groups is 1. The van der Waals surface area contributed by atoms with Crippen molar-refractivity contribution in [2.24, 2.45) is 0 Å². The maximum atomic E-state index is 12.6. The highest BCUT2D eigenvalue weighted by Gasteiger charge is 2.15. The van der Waals surface area contributed by atoms with Crippen LogP contribution in [-0.2, 0) is 16.4 Å². The average Bonchev–Trinajstić information content (AvgIpc) is 2.83. The fraction of sp³-hybridized carbons (Fsp3) is 0.115. The average molecular weight is 458 g/mol. The van der Waals surface area contributed by atoms with E-state index in [1.54, 1.807) is 25.3 Å². The van der Waals surface area contributed by atoms with E-state index in [0.29, 0.717) is 11.3 Å². The van der Waals surface area contributed by atoms with Crippen LogP contribution in [0.1, 0.15) is 21.6 Å². The number of benzene rings is 2. The van der Waals surface area contributed by atoms with Gasteiger partial charge in [0.1, 0.15) is 0 Å². The first-order chi connectivity index (χ1) is 15.8. The van der Waals surface area contributed by atoms with Gasteiger partial charge in [-0.15, -0.1) is 0 Å². The van der Waals surface area contributed by atoms with Crippen LogP contribution in [0.4, 0.5) is 0 Å². The van der Waals surface area contributed by atoms with Crippen molar-refractivity contribution >= 4 is 15.7 Å². The summed E-state index contributed by atoms with van der Waals surface area (Å²) in [5, 5.41) is 2.81. The van der Waals surface area contributed by atoms with E-state index in [1.165, 1.54) is 6.07 Å². The normalized spacial score (nSPS) is 11.2. The lowest BCUT2D eigenvalue weighted by Crippen LogP contribution is -2.23. The van der Waals surface area contributed by atoms with Gasteiger partial charge in [-0.05, 0) is 48.4 Å². The van der Waals surface area contributed by atoms with Crippen molar-refractivity contribution in [3.63, 3.8) is 0 Å². The molecular weight excluding hydrogens is 434 g/mol. The Balaban J connectivity index is 1.47. The lowest BCUT2D eigenvalue weighted by Gasteiger charge is -2.09. The Labute approximate surface area is 193 Å². The molecular formula is C26H23N3O3S. The largest absolute Gasteiger partial charge is 0.346 e. The second kappa shape index (κ2) is 9.34. The Morgan fingerprint density at radius 3 is 2.36 bits per heavy atom. The molecule has 4 rings (SSSR count). The van der Waals surface area contributed by atoms with Crippen LogP contribution in [0, 0.1) is 6.92 Å². The molecule has 4 aromatic rings. The van der Waals surface area contributed by atoms with Gasteiger partial charge in [0.25, 0.3) is 5.91 Å². The molecule has 1 N–H and O–H groups in total. The first-order valence-corrected chi connectivity index (χ1v) is 12.3. The number of rotatable bonds is 6. The summed E-state index contributed by atoms with van der Waals surface area (Å²) in [6, 6.07) is 22.4. The van der Waals surface area contributed by atoms with E-state index >= 15 is 0 Å². The summed E-state index contributed by atoms with van der Waals surface area (Å²) in [7, 11) is -3.41. The van der Waals surface area contributed by atoms with E-state index in [1.807, 2.05) is 60.8 Å². The first kappa shape index (κ1) is 22.4. The van der Waals surface area contributed by atoms with Gasteiger partial charge in [-0.2, -0.15) is 0 Å². The van der Waals surface area contributed by atoms with Crippen LogP contribution in [0.15, 0.2) is 90.1 Å². The Morgan fingerprint density at radius 1 is 0.879 bits per heavy atom. The van der Waals surface area contributed by atoms with E-state index in [-0.39, 0.29) is 22.9 Å². The van der Waals surface area contributed by atoms with Crippen molar-refractivity contribution in [3.8, 4) is 22.4 Å². The molecule has 0 atom stereocenters. The standard InChI is InChI=1S/C26H23N3O3S/c1-18-8-9-21(15-25(18)33(2,31)32)26(30)29-17-23-14-20(12-13-27-23)24-11-10-22(16-28-24)19-6-4-3-5-7-19/h3-16H,17H2,1-2H3,(H,29,30). The molecule has 0 spiro atoms. The summed E-state index contributed by atoms with van der Waals surface area (Å²) >= 11 is 0. The summed E-state index contributed by atoms with van der Waals surface area (Å²) in [5.41, 5.74) is 5.40. The predicted molar refractivity (Wildman–Crippen MR) is 128 cm³/mol. The molecule has 33 heavy (non-hydrogen) atoms. The Kier molecular flexibility index (Phi) is 6.33. The third-order valence-corrected chi connectivity index (χ3v) is 6.50. The minimum atomic E-state index is -3.41. The number of amides is 1. The maximum absolute atomic E-state index is 12.6. The third kappa shape index (κ3) is 5.32. The number of nitrogens with zero attached hydrogens (tertiary/aromatic N) is 2. The zero-order valence-corrected chi connectivity index (χ0v) is 19.1. The van der Waals surface area contributed by atoms with E-state index in [0.717, 1.165) is 28.6 Å². The molecule has 2 heterocycles. The van der Waals surface area contributed by atoms with E-state index in [4.69, 9.17) is 0 Å². The van der Waals surface area contributed by atoms with Crippen molar-refractivity contribution in [1.82, 2.24) is 15.3 Å². The van der Waals surface area contributed by atoms with Gasteiger partial charge in [0, 0.05) is 35.3 Å². The highest BCUT2D eigenvalue weighted by molar-refractivity contribution is 7.90. The van der Waals surface area contributed by atoms with Gasteiger partial charge in [0.05, 0.1) is 22.8 Å². The van der Waals surface area contributed by atoms with Gasteiger partial charge in [-0.3, -0.25) is 14.8 Å². The van der Waals surface area contributed by atoms with E-state index < -0.39 is 9.84 Å². The van der Waals surface area contributed by atoms with Crippen molar-refractivity contribution in [2.75, 3.05) is 6.26 Å². The zero-order valence-electron chi connectivity index (χ0n) is 18.3. The summed E-state index contributed by atoms with van der Waals surface area (Å²) < 4.78 is 23.9. The second-order valence-electron chi connectivity index (χ2n) is 7.77. The number of hydrogen-bond donors (Lipinski definition) is 1. The van der Waals surface area contributed by atoms with Crippen LogP contribution < -0.4 is 5.32 Å². The fourth-order valence-corrected chi connectivity index (χ4v) is 4.51. The predicted octanol–water partition coefficient (Wildman–Crippen LogP) is 4.45. The fourth-order valence-electron chi connectivity index (χ4n) is 3.51. The molecule has 0 bridgehead atoms. The molecule has 0 saturated carbocycles. The SMILES string of the molecule is Cc1ccc(C(=O)NCc2cc(-c3ccc(-c4ccccc4)cn3)ccn2)cc1S(C)(=O)=O. The van der Waals surface area contributed by atoms with Gasteiger partial charge >= 0.3 is 0 Å². The van der Waals surface area contributed by atoms with Crippen LogP contribution in [0.3, 0.4) is 0 Å². The third-order valence-electron chi connectivity index (χ3n) is 5.26. The molecule has 166 valence electrons. The minimum Gasteiger partial charge on any atom is -0.346 e. The van der Waals surface area contributed by atoms with Crippen LogP contribution in [0.2, 0.25) is 0 Å². The summed E-state index contributed by atoms with van der Waals surface area (Å²) in [4.78, 5) is 21.6. The van der Waals surface area contributed by atoms with Crippen LogP contribution in [0.5, 0.6) is 0 Å². The second-order valence-corrected chi connectivity index (χ2v) is 9.75. The number of hydrogen-bond acceptors (Lipinski definition) is 5. The summed E-state index contributed by atoms with van der Waals surface area (Å²) in [6.45, 7) is 1.91. The Bertz CT molecular complexity index is 1400. The topological polar surface area (TPSA) is 89.0 Å². The molecule has 0 radical (unpaired) electrons. The lowest BCUT2D eigenvalue weighted by atomic mass is 10.1. The van der Waals surface area contributed by atoms with Gasteiger partial charge < -0.3 is 5.32 Å². The van der Waals surface area contributed by atoms with E-state index in [9.17, 15) is 13.2 Å². The quantitative estimate of drug-likeness (QED) is 0.462. The smallest absolute Gasteiger partial charge is 0.251 e. The first-order valence-electron chi connectivity index (χ1n) is 10.4. The number of aryl methyl sites for hydroxylation is 1. The van der Waals surface area contributed by atoms with Gasteiger partial charge in [-0.1, -0.05) is 42.5 Å².